The zero-order valence-electron chi connectivity index (χ0n) is 10.2. The van der Waals surface area contributed by atoms with Gasteiger partial charge in [0.05, 0.1) is 10.4 Å². The van der Waals surface area contributed by atoms with E-state index in [4.69, 9.17) is 5.73 Å². The molecule has 102 valence electrons. The Hall–Kier alpha value is -1.86. The van der Waals surface area contributed by atoms with Crippen LogP contribution < -0.4 is 5.73 Å². The largest absolute Gasteiger partial charge is 0.382 e. The van der Waals surface area contributed by atoms with Crippen LogP contribution in [0.4, 0.5) is 5.82 Å². The number of nitrogens with two attached hydrogens (primary N) is 1. The van der Waals surface area contributed by atoms with E-state index in [-0.39, 0.29) is 10.7 Å². The van der Waals surface area contributed by atoms with E-state index in [1.807, 2.05) is 0 Å². The molecular formula is C13H10BrN3O2S. The second-order valence-electron chi connectivity index (χ2n) is 4.21. The van der Waals surface area contributed by atoms with E-state index in [2.05, 4.69) is 21.0 Å². The van der Waals surface area contributed by atoms with Gasteiger partial charge in [-0.15, -0.1) is 5.10 Å². The summed E-state index contributed by atoms with van der Waals surface area (Å²) in [4.78, 5) is 0.171. The first-order valence-electron chi connectivity index (χ1n) is 5.74. The van der Waals surface area contributed by atoms with E-state index in [9.17, 15) is 8.42 Å². The summed E-state index contributed by atoms with van der Waals surface area (Å²) in [5.74, 6) is 0.187. The van der Waals surface area contributed by atoms with Gasteiger partial charge in [-0.05, 0) is 30.3 Å². The zero-order chi connectivity index (χ0) is 14.3. The van der Waals surface area contributed by atoms with Crippen molar-refractivity contribution in [1.82, 2.24) is 9.19 Å². The van der Waals surface area contributed by atoms with Crippen LogP contribution in [0.1, 0.15) is 0 Å². The first-order chi connectivity index (χ1) is 9.50. The summed E-state index contributed by atoms with van der Waals surface area (Å²) in [5.41, 5.74) is 6.24. The van der Waals surface area contributed by atoms with Crippen LogP contribution >= 0.6 is 15.9 Å². The fourth-order valence-corrected chi connectivity index (χ4v) is 3.62. The summed E-state index contributed by atoms with van der Waals surface area (Å²) in [7, 11) is -3.76. The molecule has 2 aromatic carbocycles. The van der Waals surface area contributed by atoms with Crippen LogP contribution in [0.5, 0.6) is 0 Å². The third-order valence-electron chi connectivity index (χ3n) is 2.91. The fourth-order valence-electron chi connectivity index (χ4n) is 1.96. The summed E-state index contributed by atoms with van der Waals surface area (Å²) in [6, 6.07) is 13.3. The van der Waals surface area contributed by atoms with Gasteiger partial charge in [-0.3, -0.25) is 0 Å². The van der Waals surface area contributed by atoms with Crippen molar-refractivity contribution in [3.8, 4) is 0 Å². The van der Waals surface area contributed by atoms with Crippen LogP contribution in [-0.4, -0.2) is 17.6 Å². The highest BCUT2D eigenvalue weighted by Gasteiger charge is 2.21. The van der Waals surface area contributed by atoms with Crippen molar-refractivity contribution in [3.05, 3.63) is 53.0 Å². The van der Waals surface area contributed by atoms with Crippen molar-refractivity contribution in [2.75, 3.05) is 5.73 Å². The number of hydrogen-bond donors (Lipinski definition) is 1. The van der Waals surface area contributed by atoms with E-state index in [1.54, 1.807) is 36.4 Å². The van der Waals surface area contributed by atoms with Gasteiger partial charge < -0.3 is 5.73 Å². The Morgan fingerprint density at radius 3 is 2.50 bits per heavy atom. The fraction of sp³-hybridized carbons (Fsp3) is 0. The molecule has 0 aliphatic rings. The maximum atomic E-state index is 12.6. The number of nitrogens with zero attached hydrogens (tertiary/aromatic N) is 2. The molecule has 20 heavy (non-hydrogen) atoms. The van der Waals surface area contributed by atoms with Crippen LogP contribution in [-0.2, 0) is 10.0 Å². The molecule has 0 aliphatic carbocycles. The lowest BCUT2D eigenvalue weighted by Gasteiger charge is -2.05. The molecule has 3 rings (SSSR count). The van der Waals surface area contributed by atoms with Crippen molar-refractivity contribution in [3.63, 3.8) is 0 Å². The Morgan fingerprint density at radius 2 is 1.80 bits per heavy atom. The van der Waals surface area contributed by atoms with Gasteiger partial charge in [0.1, 0.15) is 0 Å². The van der Waals surface area contributed by atoms with Crippen molar-refractivity contribution in [2.24, 2.45) is 0 Å². The normalized spacial score (nSPS) is 11.8. The molecule has 7 heteroatoms. The Bertz CT molecular complexity index is 889. The minimum atomic E-state index is -3.76. The summed E-state index contributed by atoms with van der Waals surface area (Å²) in [6.07, 6.45) is 0. The number of nitrogen functional groups attached to an aromatic ring is 1. The number of benzene rings is 2. The lowest BCUT2D eigenvalue weighted by Crippen LogP contribution is -2.14. The average molecular weight is 352 g/mol. The molecule has 0 radical (unpaired) electrons. The van der Waals surface area contributed by atoms with E-state index >= 15 is 0 Å². The van der Waals surface area contributed by atoms with Crippen LogP contribution in [0.3, 0.4) is 0 Å². The van der Waals surface area contributed by atoms with Crippen molar-refractivity contribution in [1.29, 1.82) is 0 Å². The van der Waals surface area contributed by atoms with Crippen molar-refractivity contribution >= 4 is 42.7 Å². The minimum absolute atomic E-state index is 0.171. The Morgan fingerprint density at radius 1 is 1.10 bits per heavy atom. The number of anilines is 1. The molecule has 0 saturated heterocycles. The molecule has 0 saturated carbocycles. The maximum absolute atomic E-state index is 12.6. The molecule has 1 heterocycles. The molecule has 3 aromatic rings. The topological polar surface area (TPSA) is 78.0 Å². The first kappa shape index (κ1) is 13.1. The molecule has 0 atom stereocenters. The number of hydrogen-bond acceptors (Lipinski definition) is 4. The first-order valence-corrected chi connectivity index (χ1v) is 7.98. The lowest BCUT2D eigenvalue weighted by atomic mass is 10.2. The van der Waals surface area contributed by atoms with Gasteiger partial charge in [0.2, 0.25) is 0 Å². The van der Waals surface area contributed by atoms with Gasteiger partial charge in [0.15, 0.2) is 5.82 Å². The Kier molecular flexibility index (Phi) is 3.02. The molecule has 0 fully saturated rings. The minimum Gasteiger partial charge on any atom is -0.382 e. The van der Waals surface area contributed by atoms with E-state index in [1.165, 1.54) is 12.1 Å². The van der Waals surface area contributed by atoms with Gasteiger partial charge in [0, 0.05) is 9.86 Å². The summed E-state index contributed by atoms with van der Waals surface area (Å²) < 4.78 is 26.9. The molecule has 5 nitrogen and oxygen atoms in total. The monoisotopic (exact) mass is 351 g/mol. The SMILES string of the molecule is Nc1nn(S(=O)(=O)c2ccccc2)c2cc(Br)ccc12. The van der Waals surface area contributed by atoms with Crippen LogP contribution in [0.25, 0.3) is 10.9 Å². The number of fused-ring (bicyclic) bond motifs is 1. The second kappa shape index (κ2) is 4.60. The number of aromatic nitrogens is 2. The third kappa shape index (κ3) is 1.99. The van der Waals surface area contributed by atoms with Gasteiger partial charge in [-0.2, -0.15) is 12.5 Å². The van der Waals surface area contributed by atoms with Gasteiger partial charge in [-0.25, -0.2) is 0 Å². The molecular weight excluding hydrogens is 342 g/mol. The van der Waals surface area contributed by atoms with Gasteiger partial charge in [0.25, 0.3) is 10.0 Å². The molecule has 0 bridgehead atoms. The smallest absolute Gasteiger partial charge is 0.283 e. The van der Waals surface area contributed by atoms with Crippen molar-refractivity contribution < 1.29 is 8.42 Å². The van der Waals surface area contributed by atoms with Crippen LogP contribution in [0.2, 0.25) is 0 Å². The Labute approximate surface area is 124 Å². The molecule has 0 spiro atoms. The lowest BCUT2D eigenvalue weighted by molar-refractivity contribution is 0.582. The van der Waals surface area contributed by atoms with Gasteiger partial charge in [-0.1, -0.05) is 34.1 Å². The average Bonchev–Trinajstić information content (AvgIpc) is 2.77. The van der Waals surface area contributed by atoms with Crippen LogP contribution in [0, 0.1) is 0 Å². The standard InChI is InChI=1S/C13H10BrN3O2S/c14-9-6-7-11-12(8-9)17(16-13(11)15)20(18,19)10-4-2-1-3-5-10/h1-8H,(H2,15,16). The third-order valence-corrected chi connectivity index (χ3v) is 5.00. The molecule has 0 unspecified atom stereocenters. The predicted octanol–water partition coefficient (Wildman–Crippen LogP) is 2.62. The maximum Gasteiger partial charge on any atom is 0.283 e. The molecule has 0 amide bonds. The highest BCUT2D eigenvalue weighted by molar-refractivity contribution is 9.10. The van der Waals surface area contributed by atoms with Crippen molar-refractivity contribution in [2.45, 2.75) is 4.90 Å². The second-order valence-corrected chi connectivity index (χ2v) is 6.89. The highest BCUT2D eigenvalue weighted by Crippen LogP contribution is 2.27. The summed E-state index contributed by atoms with van der Waals surface area (Å²) in [6.45, 7) is 0. The van der Waals surface area contributed by atoms with E-state index < -0.39 is 10.0 Å². The number of rotatable bonds is 2. The summed E-state index contributed by atoms with van der Waals surface area (Å²) >= 11 is 3.32. The highest BCUT2D eigenvalue weighted by atomic mass is 79.9. The molecule has 1 aromatic heterocycles. The van der Waals surface area contributed by atoms with Crippen LogP contribution in [0.15, 0.2) is 57.9 Å². The predicted molar refractivity (Wildman–Crippen MR) is 80.9 cm³/mol. The Balaban J connectivity index is 2.33. The molecule has 2 N–H and O–H groups in total. The number of halogens is 1. The zero-order valence-corrected chi connectivity index (χ0v) is 12.6. The molecule has 0 aliphatic heterocycles. The summed E-state index contributed by atoms with van der Waals surface area (Å²) in [5, 5.41) is 4.57. The van der Waals surface area contributed by atoms with E-state index in [0.717, 1.165) is 8.56 Å². The quantitative estimate of drug-likeness (QED) is 0.769. The van der Waals surface area contributed by atoms with Gasteiger partial charge >= 0.3 is 0 Å². The van der Waals surface area contributed by atoms with E-state index in [0.29, 0.717) is 10.9 Å².